The summed E-state index contributed by atoms with van der Waals surface area (Å²) in [5.74, 6) is -1.04. The van der Waals surface area contributed by atoms with Crippen LogP contribution in [0.1, 0.15) is 15.2 Å². The Labute approximate surface area is 120 Å². The maximum Gasteiger partial charge on any atom is 0.254 e. The molecule has 2 rings (SSSR count). The second-order valence-electron chi connectivity index (χ2n) is 3.41. The minimum Gasteiger partial charge on any atom is -0.347 e. The monoisotopic (exact) mass is 348 g/mol. The van der Waals surface area contributed by atoms with Crippen molar-refractivity contribution in [1.29, 1.82) is 0 Å². The molecular weight excluding hydrogens is 343 g/mol. The van der Waals surface area contributed by atoms with E-state index in [1.54, 1.807) is 0 Å². The Balaban J connectivity index is 2.05. The molecule has 0 atom stereocenters. The molecular formula is C11H7BrClFN2OS. The van der Waals surface area contributed by atoms with E-state index in [0.717, 1.165) is 21.6 Å². The molecule has 0 aliphatic rings. The van der Waals surface area contributed by atoms with Gasteiger partial charge in [0.05, 0.1) is 18.3 Å². The highest BCUT2D eigenvalue weighted by molar-refractivity contribution is 9.10. The fourth-order valence-corrected chi connectivity index (χ4v) is 2.87. The van der Waals surface area contributed by atoms with Gasteiger partial charge in [-0.25, -0.2) is 9.37 Å². The first-order chi connectivity index (χ1) is 8.56. The minimum absolute atomic E-state index is 0.0127. The van der Waals surface area contributed by atoms with Gasteiger partial charge >= 0.3 is 0 Å². The Morgan fingerprint density at radius 1 is 1.56 bits per heavy atom. The smallest absolute Gasteiger partial charge is 0.254 e. The SMILES string of the molecule is O=C(NCc1cc(Br)cs1)c1cc(F)cnc1Cl. The highest BCUT2D eigenvalue weighted by Gasteiger charge is 2.12. The number of hydrogen-bond donors (Lipinski definition) is 1. The Kier molecular flexibility index (Phi) is 4.31. The van der Waals surface area contributed by atoms with Gasteiger partial charge in [-0.15, -0.1) is 11.3 Å². The van der Waals surface area contributed by atoms with Crippen molar-refractivity contribution in [3.8, 4) is 0 Å². The number of pyridine rings is 1. The van der Waals surface area contributed by atoms with Crippen LogP contribution in [-0.2, 0) is 6.54 Å². The number of halogens is 3. The van der Waals surface area contributed by atoms with E-state index in [9.17, 15) is 9.18 Å². The largest absolute Gasteiger partial charge is 0.347 e. The van der Waals surface area contributed by atoms with Crippen molar-refractivity contribution in [2.24, 2.45) is 0 Å². The molecule has 7 heteroatoms. The molecule has 1 amide bonds. The first-order valence-electron chi connectivity index (χ1n) is 4.88. The minimum atomic E-state index is -0.594. The summed E-state index contributed by atoms with van der Waals surface area (Å²) in [5, 5.41) is 4.56. The molecule has 0 unspecified atom stereocenters. The lowest BCUT2D eigenvalue weighted by Crippen LogP contribution is -2.23. The second-order valence-corrected chi connectivity index (χ2v) is 5.68. The number of aromatic nitrogens is 1. The first-order valence-corrected chi connectivity index (χ1v) is 6.93. The molecule has 2 aromatic rings. The summed E-state index contributed by atoms with van der Waals surface area (Å²) < 4.78 is 13.9. The average molecular weight is 350 g/mol. The van der Waals surface area contributed by atoms with Crippen LogP contribution in [-0.4, -0.2) is 10.9 Å². The van der Waals surface area contributed by atoms with E-state index in [4.69, 9.17) is 11.6 Å². The van der Waals surface area contributed by atoms with E-state index in [-0.39, 0.29) is 10.7 Å². The van der Waals surface area contributed by atoms with E-state index in [1.165, 1.54) is 11.3 Å². The Hall–Kier alpha value is -0.980. The van der Waals surface area contributed by atoms with Crippen molar-refractivity contribution < 1.29 is 9.18 Å². The third kappa shape index (κ3) is 3.28. The number of hydrogen-bond acceptors (Lipinski definition) is 3. The molecule has 94 valence electrons. The maximum atomic E-state index is 13.0. The second kappa shape index (κ2) is 5.77. The molecule has 0 saturated carbocycles. The Morgan fingerprint density at radius 2 is 2.33 bits per heavy atom. The Bertz CT molecular complexity index is 590. The van der Waals surface area contributed by atoms with Crippen LogP contribution in [0.15, 0.2) is 28.2 Å². The van der Waals surface area contributed by atoms with Gasteiger partial charge in [0.1, 0.15) is 11.0 Å². The molecule has 0 spiro atoms. The number of nitrogens with zero attached hydrogens (tertiary/aromatic N) is 1. The number of rotatable bonds is 3. The zero-order valence-corrected chi connectivity index (χ0v) is 12.1. The van der Waals surface area contributed by atoms with E-state index in [0.29, 0.717) is 6.54 Å². The summed E-state index contributed by atoms with van der Waals surface area (Å²) in [6.45, 7) is 0.363. The van der Waals surface area contributed by atoms with Crippen LogP contribution in [0, 0.1) is 5.82 Å². The fraction of sp³-hybridized carbons (Fsp3) is 0.0909. The van der Waals surface area contributed by atoms with E-state index >= 15 is 0 Å². The van der Waals surface area contributed by atoms with E-state index < -0.39 is 11.7 Å². The van der Waals surface area contributed by atoms with Gasteiger partial charge in [-0.05, 0) is 28.1 Å². The first kappa shape index (κ1) is 13.5. The summed E-state index contributed by atoms with van der Waals surface area (Å²) in [6, 6.07) is 2.96. The van der Waals surface area contributed by atoms with Crippen molar-refractivity contribution in [1.82, 2.24) is 10.3 Å². The van der Waals surface area contributed by atoms with Crippen LogP contribution in [0.4, 0.5) is 4.39 Å². The topological polar surface area (TPSA) is 42.0 Å². The highest BCUT2D eigenvalue weighted by Crippen LogP contribution is 2.20. The van der Waals surface area contributed by atoms with Crippen molar-refractivity contribution in [2.45, 2.75) is 6.54 Å². The molecule has 0 aliphatic carbocycles. The predicted octanol–water partition coefficient (Wildman–Crippen LogP) is 3.63. The Morgan fingerprint density at radius 3 is 3.00 bits per heavy atom. The molecule has 2 heterocycles. The highest BCUT2D eigenvalue weighted by atomic mass is 79.9. The van der Waals surface area contributed by atoms with Crippen molar-refractivity contribution in [3.63, 3.8) is 0 Å². The lowest BCUT2D eigenvalue weighted by atomic mass is 10.2. The van der Waals surface area contributed by atoms with Gasteiger partial charge in [0.25, 0.3) is 5.91 Å². The molecule has 1 N–H and O–H groups in total. The molecule has 0 aromatic carbocycles. The van der Waals surface area contributed by atoms with Crippen LogP contribution >= 0.6 is 38.9 Å². The van der Waals surface area contributed by atoms with E-state index in [1.807, 2.05) is 11.4 Å². The quantitative estimate of drug-likeness (QED) is 0.860. The third-order valence-corrected chi connectivity index (χ3v) is 4.09. The van der Waals surface area contributed by atoms with Crippen LogP contribution in [0.3, 0.4) is 0 Å². The van der Waals surface area contributed by atoms with Crippen molar-refractivity contribution in [3.05, 3.63) is 49.6 Å². The summed E-state index contributed by atoms with van der Waals surface area (Å²) in [4.78, 5) is 16.4. The van der Waals surface area contributed by atoms with Crippen molar-refractivity contribution >= 4 is 44.8 Å². The zero-order valence-electron chi connectivity index (χ0n) is 8.91. The molecule has 2 aromatic heterocycles. The summed E-state index contributed by atoms with van der Waals surface area (Å²) in [5.41, 5.74) is 0.0345. The number of thiophene rings is 1. The van der Waals surface area contributed by atoms with Gasteiger partial charge < -0.3 is 5.32 Å². The van der Waals surface area contributed by atoms with E-state index in [2.05, 4.69) is 26.2 Å². The summed E-state index contributed by atoms with van der Waals surface area (Å²) >= 11 is 10.6. The zero-order chi connectivity index (χ0) is 13.1. The molecule has 0 radical (unpaired) electrons. The molecule has 0 fully saturated rings. The number of amides is 1. The predicted molar refractivity (Wildman–Crippen MR) is 72.4 cm³/mol. The molecule has 0 saturated heterocycles. The van der Waals surface area contributed by atoms with Gasteiger partial charge in [-0.2, -0.15) is 0 Å². The van der Waals surface area contributed by atoms with Crippen LogP contribution in [0.25, 0.3) is 0 Å². The average Bonchev–Trinajstić information content (AvgIpc) is 2.75. The fourth-order valence-electron chi connectivity index (χ4n) is 1.29. The van der Waals surface area contributed by atoms with Gasteiger partial charge in [0.15, 0.2) is 0 Å². The number of nitrogens with one attached hydrogen (secondary N) is 1. The third-order valence-electron chi connectivity index (χ3n) is 2.10. The molecule has 18 heavy (non-hydrogen) atoms. The standard InChI is InChI=1S/C11H7BrClFN2OS/c12-6-1-8(18-5-6)4-16-11(17)9-2-7(14)3-15-10(9)13/h1-3,5H,4H2,(H,16,17). The van der Waals surface area contributed by atoms with Crippen molar-refractivity contribution in [2.75, 3.05) is 0 Å². The maximum absolute atomic E-state index is 13.0. The molecule has 0 aliphatic heterocycles. The lowest BCUT2D eigenvalue weighted by molar-refractivity contribution is 0.0950. The summed E-state index contributed by atoms with van der Waals surface area (Å²) in [7, 11) is 0. The normalized spacial score (nSPS) is 10.4. The van der Waals surface area contributed by atoms with Gasteiger partial charge in [-0.1, -0.05) is 11.6 Å². The summed E-state index contributed by atoms with van der Waals surface area (Å²) in [6.07, 6.45) is 0.968. The van der Waals surface area contributed by atoms with Gasteiger partial charge in [-0.3, -0.25) is 4.79 Å². The van der Waals surface area contributed by atoms with Gasteiger partial charge in [0, 0.05) is 14.7 Å². The molecule has 0 bridgehead atoms. The van der Waals surface area contributed by atoms with Gasteiger partial charge in [0.2, 0.25) is 0 Å². The number of carbonyl (C=O) groups is 1. The van der Waals surface area contributed by atoms with Crippen LogP contribution in [0.2, 0.25) is 5.15 Å². The van der Waals surface area contributed by atoms with Crippen LogP contribution < -0.4 is 5.32 Å². The van der Waals surface area contributed by atoms with Crippen LogP contribution in [0.5, 0.6) is 0 Å². The number of carbonyl (C=O) groups excluding carboxylic acids is 1. The lowest BCUT2D eigenvalue weighted by Gasteiger charge is -2.04. The molecule has 3 nitrogen and oxygen atoms in total.